The van der Waals surface area contributed by atoms with Gasteiger partial charge in [-0.2, -0.15) is 5.10 Å². The minimum Gasteiger partial charge on any atom is -0.492 e. The van der Waals surface area contributed by atoms with Crippen LogP contribution in [-0.4, -0.2) is 41.4 Å². The van der Waals surface area contributed by atoms with E-state index in [1.165, 1.54) is 11.1 Å². The molecule has 2 aromatic rings. The van der Waals surface area contributed by atoms with Crippen LogP contribution in [0.25, 0.3) is 0 Å². The highest BCUT2D eigenvalue weighted by atomic mass is 16.5. The van der Waals surface area contributed by atoms with Crippen LogP contribution >= 0.6 is 0 Å². The quantitative estimate of drug-likeness (QED) is 0.740. The third-order valence-electron chi connectivity index (χ3n) is 6.52. The molecule has 166 valence electrons. The second-order valence-corrected chi connectivity index (χ2v) is 8.94. The van der Waals surface area contributed by atoms with Crippen molar-refractivity contribution in [2.45, 2.75) is 58.0 Å². The number of benzene rings is 1. The zero-order valence-electron chi connectivity index (χ0n) is 18.3. The van der Waals surface area contributed by atoms with E-state index < -0.39 is 0 Å². The topological polar surface area (TPSA) is 76.5 Å². The summed E-state index contributed by atoms with van der Waals surface area (Å²) >= 11 is 0. The number of anilines is 1. The second-order valence-electron chi connectivity index (χ2n) is 8.94. The Kier molecular flexibility index (Phi) is 6.59. The van der Waals surface area contributed by atoms with Gasteiger partial charge in [-0.05, 0) is 37.5 Å². The Morgan fingerprint density at radius 2 is 1.94 bits per heavy atom. The number of nitrogens with one attached hydrogen (secondary N) is 1. The zero-order valence-corrected chi connectivity index (χ0v) is 18.3. The van der Waals surface area contributed by atoms with Gasteiger partial charge in [0.1, 0.15) is 18.2 Å². The molecule has 2 aliphatic rings. The molecule has 4 rings (SSSR count). The van der Waals surface area contributed by atoms with E-state index in [4.69, 9.17) is 4.74 Å². The van der Waals surface area contributed by atoms with Crippen molar-refractivity contribution in [2.24, 2.45) is 5.41 Å². The third kappa shape index (κ3) is 5.27. The largest absolute Gasteiger partial charge is 0.492 e. The number of ether oxygens (including phenoxy) is 1. The Morgan fingerprint density at radius 3 is 2.71 bits per heavy atom. The fourth-order valence-electron chi connectivity index (χ4n) is 4.54. The van der Waals surface area contributed by atoms with Gasteiger partial charge in [0, 0.05) is 30.6 Å². The van der Waals surface area contributed by atoms with Gasteiger partial charge in [-0.3, -0.25) is 9.59 Å². The summed E-state index contributed by atoms with van der Waals surface area (Å²) in [6.45, 7) is 4.38. The number of amides is 1. The lowest BCUT2D eigenvalue weighted by molar-refractivity contribution is -0.132. The van der Waals surface area contributed by atoms with Gasteiger partial charge in [0.25, 0.3) is 5.56 Å². The van der Waals surface area contributed by atoms with Crippen LogP contribution in [0.4, 0.5) is 5.82 Å². The van der Waals surface area contributed by atoms with Gasteiger partial charge < -0.3 is 15.0 Å². The number of rotatable bonds is 7. The molecule has 7 heteroatoms. The van der Waals surface area contributed by atoms with Crippen molar-refractivity contribution in [1.82, 2.24) is 15.1 Å². The van der Waals surface area contributed by atoms with Gasteiger partial charge >= 0.3 is 0 Å². The van der Waals surface area contributed by atoms with Crippen molar-refractivity contribution >= 4 is 11.7 Å². The molecule has 0 bridgehead atoms. The van der Waals surface area contributed by atoms with Crippen LogP contribution in [0.5, 0.6) is 5.75 Å². The SMILES string of the molecule is CC1(C(=O)NC2CCN(c3ccc(=O)n(CCOc4ccccc4)n3)C2)CCCCC1. The monoisotopic (exact) mass is 424 g/mol. The summed E-state index contributed by atoms with van der Waals surface area (Å²) in [4.78, 5) is 27.2. The van der Waals surface area contributed by atoms with Crippen molar-refractivity contribution in [3.05, 3.63) is 52.8 Å². The Bertz CT molecular complexity index is 937. The molecule has 1 aliphatic carbocycles. The highest BCUT2D eigenvalue weighted by molar-refractivity contribution is 5.82. The van der Waals surface area contributed by atoms with Gasteiger partial charge in [0.05, 0.1) is 6.54 Å². The Morgan fingerprint density at radius 1 is 1.16 bits per heavy atom. The summed E-state index contributed by atoms with van der Waals surface area (Å²) in [5.41, 5.74) is -0.370. The van der Waals surface area contributed by atoms with E-state index in [9.17, 15) is 9.59 Å². The summed E-state index contributed by atoms with van der Waals surface area (Å²) < 4.78 is 7.15. The number of carbonyl (C=O) groups is 1. The number of hydrogen-bond donors (Lipinski definition) is 1. The average molecular weight is 425 g/mol. The number of nitrogens with zero attached hydrogens (tertiary/aromatic N) is 3. The molecule has 1 unspecified atom stereocenters. The molecule has 1 aliphatic heterocycles. The van der Waals surface area contributed by atoms with Gasteiger partial charge in [-0.25, -0.2) is 4.68 Å². The van der Waals surface area contributed by atoms with Gasteiger partial charge in [0.15, 0.2) is 0 Å². The Balaban J connectivity index is 1.33. The van der Waals surface area contributed by atoms with Crippen LogP contribution in [0.3, 0.4) is 0 Å². The molecule has 1 N–H and O–H groups in total. The average Bonchev–Trinajstić information content (AvgIpc) is 3.25. The molecule has 0 radical (unpaired) electrons. The fraction of sp³-hybridized carbons (Fsp3) is 0.542. The van der Waals surface area contributed by atoms with Crippen LogP contribution in [0.15, 0.2) is 47.3 Å². The van der Waals surface area contributed by atoms with Gasteiger partial charge in [-0.15, -0.1) is 0 Å². The molecule has 1 aromatic carbocycles. The summed E-state index contributed by atoms with van der Waals surface area (Å²) in [5.74, 6) is 1.73. The molecule has 1 saturated carbocycles. The lowest BCUT2D eigenvalue weighted by Gasteiger charge is -2.33. The molecule has 0 spiro atoms. The maximum Gasteiger partial charge on any atom is 0.266 e. The highest BCUT2D eigenvalue weighted by Crippen LogP contribution is 2.36. The maximum absolute atomic E-state index is 12.8. The van der Waals surface area contributed by atoms with E-state index in [-0.39, 0.29) is 22.9 Å². The van der Waals surface area contributed by atoms with E-state index in [1.54, 1.807) is 12.1 Å². The number of hydrogen-bond acceptors (Lipinski definition) is 5. The van der Waals surface area contributed by atoms with E-state index in [0.717, 1.165) is 50.2 Å². The molecule has 1 saturated heterocycles. The van der Waals surface area contributed by atoms with Crippen molar-refractivity contribution in [1.29, 1.82) is 0 Å². The number of carbonyl (C=O) groups excluding carboxylic acids is 1. The molecule has 31 heavy (non-hydrogen) atoms. The van der Waals surface area contributed by atoms with Crippen molar-refractivity contribution in [2.75, 3.05) is 24.6 Å². The number of para-hydroxylation sites is 1. The first-order valence-electron chi connectivity index (χ1n) is 11.4. The molecule has 2 fully saturated rings. The maximum atomic E-state index is 12.8. The predicted octanol–water partition coefficient (Wildman–Crippen LogP) is 2.99. The third-order valence-corrected chi connectivity index (χ3v) is 6.52. The lowest BCUT2D eigenvalue weighted by Crippen LogP contribution is -2.46. The van der Waals surface area contributed by atoms with Crippen LogP contribution in [0.1, 0.15) is 45.4 Å². The summed E-state index contributed by atoms with van der Waals surface area (Å²) in [6.07, 6.45) is 6.36. The van der Waals surface area contributed by atoms with Crippen LogP contribution < -0.4 is 20.5 Å². The molecular formula is C24H32N4O3. The molecule has 2 heterocycles. The van der Waals surface area contributed by atoms with Crippen molar-refractivity contribution in [3.8, 4) is 5.75 Å². The van der Waals surface area contributed by atoms with Crippen LogP contribution in [0.2, 0.25) is 0 Å². The first kappa shape index (κ1) is 21.4. The summed E-state index contributed by atoms with van der Waals surface area (Å²) in [5, 5.41) is 7.81. The summed E-state index contributed by atoms with van der Waals surface area (Å²) in [7, 11) is 0. The molecule has 1 atom stereocenters. The molecule has 1 amide bonds. The molecule has 1 aromatic heterocycles. The number of aromatic nitrogens is 2. The Hall–Kier alpha value is -2.83. The van der Waals surface area contributed by atoms with Gasteiger partial charge in [0.2, 0.25) is 5.91 Å². The van der Waals surface area contributed by atoms with E-state index >= 15 is 0 Å². The highest BCUT2D eigenvalue weighted by Gasteiger charge is 2.36. The minimum absolute atomic E-state index is 0.120. The van der Waals surface area contributed by atoms with Gasteiger partial charge in [-0.1, -0.05) is 44.4 Å². The lowest BCUT2D eigenvalue weighted by atomic mass is 9.75. The van der Waals surface area contributed by atoms with E-state index in [1.807, 2.05) is 30.3 Å². The standard InChI is InChI=1S/C24H32N4O3/c1-24(13-6-3-7-14-24)23(30)25-19-12-15-27(18-19)21-10-11-22(29)28(26-21)16-17-31-20-8-4-2-5-9-20/h2,4-5,8-11,19H,3,6-7,12-18H2,1H3,(H,25,30). The van der Waals surface area contributed by atoms with Crippen LogP contribution in [0, 0.1) is 5.41 Å². The molecule has 7 nitrogen and oxygen atoms in total. The minimum atomic E-state index is -0.226. The zero-order chi connectivity index (χ0) is 21.7. The summed E-state index contributed by atoms with van der Waals surface area (Å²) in [6, 6.07) is 13.0. The van der Waals surface area contributed by atoms with Crippen LogP contribution in [-0.2, 0) is 11.3 Å². The van der Waals surface area contributed by atoms with E-state index in [0.29, 0.717) is 19.7 Å². The molecular weight excluding hydrogens is 392 g/mol. The Labute approximate surface area is 183 Å². The fourth-order valence-corrected chi connectivity index (χ4v) is 4.54. The second kappa shape index (κ2) is 9.54. The first-order valence-corrected chi connectivity index (χ1v) is 11.4. The normalized spacial score (nSPS) is 20.4. The predicted molar refractivity (Wildman–Crippen MR) is 120 cm³/mol. The van der Waals surface area contributed by atoms with E-state index in [2.05, 4.69) is 22.2 Å². The van der Waals surface area contributed by atoms with Crippen molar-refractivity contribution < 1.29 is 9.53 Å². The first-order chi connectivity index (χ1) is 15.0. The smallest absolute Gasteiger partial charge is 0.266 e. The van der Waals surface area contributed by atoms with Crippen molar-refractivity contribution in [3.63, 3.8) is 0 Å².